The Morgan fingerprint density at radius 3 is 2.34 bits per heavy atom. The lowest BCUT2D eigenvalue weighted by Gasteiger charge is -2.39. The van der Waals surface area contributed by atoms with E-state index in [1.54, 1.807) is 12.1 Å². The summed E-state index contributed by atoms with van der Waals surface area (Å²) >= 11 is 5.93. The van der Waals surface area contributed by atoms with Crippen LogP contribution >= 0.6 is 11.6 Å². The predicted molar refractivity (Wildman–Crippen MR) is 108 cm³/mol. The van der Waals surface area contributed by atoms with E-state index in [0.717, 1.165) is 24.8 Å². The zero-order valence-corrected chi connectivity index (χ0v) is 17.3. The van der Waals surface area contributed by atoms with Gasteiger partial charge in [-0.15, -0.1) is 10.2 Å². The molecule has 0 bridgehead atoms. The quantitative estimate of drug-likeness (QED) is 0.747. The van der Waals surface area contributed by atoms with Gasteiger partial charge in [-0.25, -0.2) is 0 Å². The number of nitrogens with zero attached hydrogens (tertiary/aromatic N) is 6. The van der Waals surface area contributed by atoms with Crippen LogP contribution in [0.25, 0.3) is 11.4 Å². The Kier molecular flexibility index (Phi) is 5.80. The third kappa shape index (κ3) is 4.12. The first-order chi connectivity index (χ1) is 14.1. The van der Waals surface area contributed by atoms with Crippen LogP contribution in [0, 0.1) is 5.92 Å². The van der Waals surface area contributed by atoms with Crippen LogP contribution in [-0.2, 0) is 9.59 Å². The molecule has 2 heterocycles. The Hall–Kier alpha value is -2.48. The van der Waals surface area contributed by atoms with Gasteiger partial charge in [0.2, 0.25) is 17.6 Å². The van der Waals surface area contributed by atoms with Crippen LogP contribution in [0.3, 0.4) is 0 Å². The average Bonchev–Trinajstić information content (AvgIpc) is 3.17. The number of tetrazole rings is 1. The standard InChI is InChI=1S/C20H25ClN6O2/c1-2-17(27-23-18(22-24-27)14-6-8-16(21)9-7-14)20(29)26-12-10-25(11-13-26)19(28)15-4-3-5-15/h6-9,15,17H,2-5,10-13H2,1H3. The maximum Gasteiger partial charge on any atom is 0.249 e. The summed E-state index contributed by atoms with van der Waals surface area (Å²) in [5.74, 6) is 0.888. The fraction of sp³-hybridized carbons (Fsp3) is 0.550. The lowest BCUT2D eigenvalue weighted by atomic mass is 9.84. The predicted octanol–water partition coefficient (Wildman–Crippen LogP) is 2.42. The summed E-state index contributed by atoms with van der Waals surface area (Å²) in [6.45, 7) is 4.22. The highest BCUT2D eigenvalue weighted by atomic mass is 35.5. The number of carbonyl (C=O) groups excluding carboxylic acids is 2. The molecule has 2 aromatic rings. The molecule has 1 aliphatic carbocycles. The van der Waals surface area contributed by atoms with Gasteiger partial charge >= 0.3 is 0 Å². The smallest absolute Gasteiger partial charge is 0.249 e. The van der Waals surface area contributed by atoms with Crippen LogP contribution in [0.15, 0.2) is 24.3 Å². The number of aromatic nitrogens is 4. The van der Waals surface area contributed by atoms with Gasteiger partial charge in [-0.05, 0) is 48.7 Å². The molecule has 1 atom stereocenters. The molecule has 1 saturated heterocycles. The largest absolute Gasteiger partial charge is 0.339 e. The lowest BCUT2D eigenvalue weighted by Crippen LogP contribution is -2.53. The van der Waals surface area contributed by atoms with Crippen molar-refractivity contribution in [1.29, 1.82) is 0 Å². The van der Waals surface area contributed by atoms with Gasteiger partial charge in [-0.2, -0.15) is 4.80 Å². The molecule has 154 valence electrons. The molecule has 0 spiro atoms. The summed E-state index contributed by atoms with van der Waals surface area (Å²) in [5, 5.41) is 13.3. The molecule has 9 heteroatoms. The van der Waals surface area contributed by atoms with E-state index in [9.17, 15) is 9.59 Å². The van der Waals surface area contributed by atoms with Crippen molar-refractivity contribution in [3.05, 3.63) is 29.3 Å². The van der Waals surface area contributed by atoms with E-state index in [4.69, 9.17) is 11.6 Å². The minimum Gasteiger partial charge on any atom is -0.339 e. The number of benzene rings is 1. The number of hydrogen-bond acceptors (Lipinski definition) is 5. The van der Waals surface area contributed by atoms with Gasteiger partial charge in [-0.3, -0.25) is 9.59 Å². The molecule has 1 aromatic heterocycles. The third-order valence-corrected chi connectivity index (χ3v) is 6.09. The third-order valence-electron chi connectivity index (χ3n) is 5.84. The summed E-state index contributed by atoms with van der Waals surface area (Å²) in [4.78, 5) is 30.6. The second-order valence-corrected chi connectivity index (χ2v) is 8.08. The molecule has 2 amide bonds. The summed E-state index contributed by atoms with van der Waals surface area (Å²) in [6.07, 6.45) is 3.72. The molecule has 0 N–H and O–H groups in total. The molecule has 2 aliphatic rings. The zero-order chi connectivity index (χ0) is 20.4. The number of halogens is 1. The minimum atomic E-state index is -0.502. The summed E-state index contributed by atoms with van der Waals surface area (Å²) in [6, 6.07) is 6.68. The molecule has 1 saturated carbocycles. The van der Waals surface area contributed by atoms with E-state index < -0.39 is 6.04 Å². The van der Waals surface area contributed by atoms with E-state index in [-0.39, 0.29) is 17.7 Å². The molecule has 8 nitrogen and oxygen atoms in total. The van der Waals surface area contributed by atoms with Crippen molar-refractivity contribution in [3.8, 4) is 11.4 Å². The van der Waals surface area contributed by atoms with Gasteiger partial charge in [0.15, 0.2) is 6.04 Å². The Bertz CT molecular complexity index is 871. The first kappa shape index (κ1) is 19.8. The summed E-state index contributed by atoms with van der Waals surface area (Å²) in [7, 11) is 0. The summed E-state index contributed by atoms with van der Waals surface area (Å²) < 4.78 is 0. The van der Waals surface area contributed by atoms with Crippen LogP contribution in [0.1, 0.15) is 38.6 Å². The van der Waals surface area contributed by atoms with E-state index in [1.807, 2.05) is 28.9 Å². The second-order valence-electron chi connectivity index (χ2n) is 7.64. The van der Waals surface area contributed by atoms with E-state index in [1.165, 1.54) is 4.80 Å². The molecular formula is C20H25ClN6O2. The van der Waals surface area contributed by atoms with Crippen LogP contribution in [-0.4, -0.2) is 68.0 Å². The normalized spacial score (nSPS) is 18.4. The molecule has 0 radical (unpaired) electrons. The highest BCUT2D eigenvalue weighted by molar-refractivity contribution is 6.30. The van der Waals surface area contributed by atoms with Crippen molar-refractivity contribution in [2.75, 3.05) is 26.2 Å². The number of piperazine rings is 1. The van der Waals surface area contributed by atoms with Gasteiger partial charge in [0.05, 0.1) is 0 Å². The van der Waals surface area contributed by atoms with Gasteiger partial charge in [0.1, 0.15) is 0 Å². The Labute approximate surface area is 174 Å². The lowest BCUT2D eigenvalue weighted by molar-refractivity contribution is -0.145. The maximum absolute atomic E-state index is 13.1. The van der Waals surface area contributed by atoms with Gasteiger partial charge in [0.25, 0.3) is 0 Å². The minimum absolute atomic E-state index is 0.0247. The molecule has 4 rings (SSSR count). The first-order valence-electron chi connectivity index (χ1n) is 10.2. The number of rotatable bonds is 5. The van der Waals surface area contributed by atoms with Crippen LogP contribution in [0.2, 0.25) is 5.02 Å². The average molecular weight is 417 g/mol. The fourth-order valence-corrected chi connectivity index (χ4v) is 3.91. The summed E-state index contributed by atoms with van der Waals surface area (Å²) in [5.41, 5.74) is 0.797. The molecule has 1 unspecified atom stereocenters. The number of carbonyl (C=O) groups is 2. The topological polar surface area (TPSA) is 84.2 Å². The van der Waals surface area contributed by atoms with E-state index >= 15 is 0 Å². The Morgan fingerprint density at radius 2 is 1.76 bits per heavy atom. The van der Waals surface area contributed by atoms with Gasteiger partial charge in [-0.1, -0.05) is 24.9 Å². The zero-order valence-electron chi connectivity index (χ0n) is 16.5. The molecule has 29 heavy (non-hydrogen) atoms. The maximum atomic E-state index is 13.1. The number of hydrogen-bond donors (Lipinski definition) is 0. The van der Waals surface area contributed by atoms with Crippen molar-refractivity contribution in [2.45, 2.75) is 38.6 Å². The SMILES string of the molecule is CCC(C(=O)N1CCN(C(=O)C2CCC2)CC1)n1nnc(-c2ccc(Cl)cc2)n1. The van der Waals surface area contributed by atoms with Crippen LogP contribution in [0.4, 0.5) is 0 Å². The highest BCUT2D eigenvalue weighted by Crippen LogP contribution is 2.28. The van der Waals surface area contributed by atoms with Gasteiger partial charge in [0, 0.05) is 42.7 Å². The second kappa shape index (κ2) is 8.49. The first-order valence-corrected chi connectivity index (χ1v) is 10.6. The molecule has 2 fully saturated rings. The number of amides is 2. The van der Waals surface area contributed by atoms with Crippen molar-refractivity contribution in [1.82, 2.24) is 30.0 Å². The Balaban J connectivity index is 1.40. The van der Waals surface area contributed by atoms with E-state index in [0.29, 0.717) is 43.4 Å². The van der Waals surface area contributed by atoms with Crippen molar-refractivity contribution >= 4 is 23.4 Å². The highest BCUT2D eigenvalue weighted by Gasteiger charge is 2.34. The van der Waals surface area contributed by atoms with Crippen molar-refractivity contribution in [2.24, 2.45) is 5.92 Å². The molecule has 1 aromatic carbocycles. The molecule has 1 aliphatic heterocycles. The molecular weight excluding hydrogens is 392 g/mol. The van der Waals surface area contributed by atoms with Crippen molar-refractivity contribution < 1.29 is 9.59 Å². The van der Waals surface area contributed by atoms with E-state index in [2.05, 4.69) is 15.4 Å². The monoisotopic (exact) mass is 416 g/mol. The Morgan fingerprint density at radius 1 is 1.10 bits per heavy atom. The fourth-order valence-electron chi connectivity index (χ4n) is 3.78. The van der Waals surface area contributed by atoms with Crippen LogP contribution in [0.5, 0.6) is 0 Å². The van der Waals surface area contributed by atoms with Crippen LogP contribution < -0.4 is 0 Å². The van der Waals surface area contributed by atoms with Crippen molar-refractivity contribution in [3.63, 3.8) is 0 Å². The van der Waals surface area contributed by atoms with Gasteiger partial charge < -0.3 is 9.80 Å².